The number of carboxylic acids is 1. The van der Waals surface area contributed by atoms with E-state index in [1.807, 2.05) is 0 Å². The Kier molecular flexibility index (Phi) is 7.60. The number of nitrogens with one attached hydrogen (secondary N) is 2. The number of phenolic OH excluding ortho intramolecular Hbond substituents is 1. The Morgan fingerprint density at radius 1 is 0.939 bits per heavy atom. The summed E-state index contributed by atoms with van der Waals surface area (Å²) < 4.78 is 27.5. The summed E-state index contributed by atoms with van der Waals surface area (Å²) in [7, 11) is -4.17. The van der Waals surface area contributed by atoms with Gasteiger partial charge in [0.25, 0.3) is 5.91 Å². The Morgan fingerprint density at radius 2 is 1.58 bits per heavy atom. The molecule has 3 rings (SSSR count). The highest BCUT2D eigenvalue weighted by atomic mass is 35.5. The van der Waals surface area contributed by atoms with E-state index in [1.165, 1.54) is 66.7 Å². The zero-order valence-corrected chi connectivity index (χ0v) is 19.2. The topological polar surface area (TPSA) is 133 Å². The summed E-state index contributed by atoms with van der Waals surface area (Å²) in [6.07, 6.45) is -0.120. The third-order valence-electron chi connectivity index (χ3n) is 4.57. The Bertz CT molecular complexity index is 1280. The molecule has 0 aliphatic heterocycles. The van der Waals surface area contributed by atoms with Crippen LogP contribution >= 0.6 is 23.2 Å². The van der Waals surface area contributed by atoms with Crippen LogP contribution in [0.2, 0.25) is 10.0 Å². The van der Waals surface area contributed by atoms with E-state index in [2.05, 4.69) is 10.0 Å². The molecule has 0 saturated carbocycles. The number of carbonyl (C=O) groups excluding carboxylic acids is 1. The van der Waals surface area contributed by atoms with Crippen molar-refractivity contribution >= 4 is 50.8 Å². The molecule has 3 aromatic rings. The van der Waals surface area contributed by atoms with Crippen LogP contribution in [0, 0.1) is 0 Å². The highest BCUT2D eigenvalue weighted by molar-refractivity contribution is 7.89. The van der Waals surface area contributed by atoms with E-state index in [1.54, 1.807) is 0 Å². The molecule has 0 spiro atoms. The molecule has 172 valence electrons. The average molecular weight is 509 g/mol. The molecule has 0 aliphatic carbocycles. The van der Waals surface area contributed by atoms with Crippen LogP contribution in [0.1, 0.15) is 15.9 Å². The van der Waals surface area contributed by atoms with Gasteiger partial charge in [0.2, 0.25) is 10.0 Å². The third-order valence-corrected chi connectivity index (χ3v) is 6.61. The van der Waals surface area contributed by atoms with Crippen LogP contribution in [0.15, 0.2) is 71.6 Å². The second kappa shape index (κ2) is 10.2. The molecule has 3 aromatic carbocycles. The van der Waals surface area contributed by atoms with Crippen LogP contribution in [-0.2, 0) is 21.2 Å². The van der Waals surface area contributed by atoms with Gasteiger partial charge in [-0.25, -0.2) is 8.42 Å². The van der Waals surface area contributed by atoms with E-state index in [-0.39, 0.29) is 27.7 Å². The highest BCUT2D eigenvalue weighted by Crippen LogP contribution is 2.23. The van der Waals surface area contributed by atoms with Crippen molar-refractivity contribution in [3.05, 3.63) is 87.9 Å². The molecule has 4 N–H and O–H groups in total. The summed E-state index contributed by atoms with van der Waals surface area (Å²) in [5.74, 6) is -1.85. The fourth-order valence-electron chi connectivity index (χ4n) is 2.89. The molecule has 0 fully saturated rings. The van der Waals surface area contributed by atoms with Gasteiger partial charge in [-0.1, -0.05) is 35.3 Å². The summed E-state index contributed by atoms with van der Waals surface area (Å²) in [5.41, 5.74) is 1.03. The minimum atomic E-state index is -4.17. The summed E-state index contributed by atoms with van der Waals surface area (Å²) in [6, 6.07) is 14.0. The lowest BCUT2D eigenvalue weighted by Crippen LogP contribution is -2.42. The maximum absolute atomic E-state index is 12.7. The van der Waals surface area contributed by atoms with Gasteiger partial charge in [0, 0.05) is 10.7 Å². The molecule has 0 saturated heterocycles. The number of halogens is 2. The minimum absolute atomic E-state index is 0.0109. The standard InChI is InChI=1S/C22H18Cl2N2O6S/c23-14-3-10-18(19(24)12-14)21(28)25-15-4-8-17(9-5-15)33(31,32)26-20(22(29)30)11-13-1-6-16(27)7-2-13/h1-10,12,20,26-27H,11H2,(H,25,28)(H,29,30)/t20-/m0/s1. The van der Waals surface area contributed by atoms with Crippen LogP contribution < -0.4 is 10.0 Å². The smallest absolute Gasteiger partial charge is 0.322 e. The zero-order valence-electron chi connectivity index (χ0n) is 16.8. The minimum Gasteiger partial charge on any atom is -0.508 e. The largest absolute Gasteiger partial charge is 0.508 e. The fraction of sp³-hybridized carbons (Fsp3) is 0.0909. The lowest BCUT2D eigenvalue weighted by molar-refractivity contribution is -0.138. The van der Waals surface area contributed by atoms with E-state index in [9.17, 15) is 28.2 Å². The number of carbonyl (C=O) groups is 2. The molecule has 0 bridgehead atoms. The molecule has 0 aromatic heterocycles. The van der Waals surface area contributed by atoms with Crippen molar-refractivity contribution in [3.63, 3.8) is 0 Å². The Hall–Kier alpha value is -3.11. The lowest BCUT2D eigenvalue weighted by Gasteiger charge is -2.15. The predicted octanol–water partition coefficient (Wildman–Crippen LogP) is 3.93. The highest BCUT2D eigenvalue weighted by Gasteiger charge is 2.26. The van der Waals surface area contributed by atoms with Gasteiger partial charge < -0.3 is 15.5 Å². The number of anilines is 1. The molecule has 11 heteroatoms. The SMILES string of the molecule is O=C(Nc1ccc(S(=O)(=O)N[C@@H](Cc2ccc(O)cc2)C(=O)O)cc1)c1ccc(Cl)cc1Cl. The van der Waals surface area contributed by atoms with E-state index in [0.717, 1.165) is 0 Å². The first-order valence-corrected chi connectivity index (χ1v) is 11.7. The van der Waals surface area contributed by atoms with Crippen LogP contribution in [0.5, 0.6) is 5.75 Å². The van der Waals surface area contributed by atoms with Gasteiger partial charge in [0.05, 0.1) is 15.5 Å². The van der Waals surface area contributed by atoms with Gasteiger partial charge >= 0.3 is 5.97 Å². The number of hydrogen-bond acceptors (Lipinski definition) is 5. The first kappa shape index (κ1) is 24.5. The molecule has 8 nitrogen and oxygen atoms in total. The van der Waals surface area contributed by atoms with Crippen molar-refractivity contribution < 1.29 is 28.2 Å². The van der Waals surface area contributed by atoms with Crippen LogP contribution in [0.25, 0.3) is 0 Å². The van der Waals surface area contributed by atoms with Gasteiger partial charge in [0.1, 0.15) is 11.8 Å². The summed E-state index contributed by atoms with van der Waals surface area (Å²) in [5, 5.41) is 21.9. The lowest BCUT2D eigenvalue weighted by atomic mass is 10.1. The predicted molar refractivity (Wildman–Crippen MR) is 124 cm³/mol. The number of aliphatic carboxylic acids is 1. The zero-order chi connectivity index (χ0) is 24.2. The molecule has 0 radical (unpaired) electrons. The maximum atomic E-state index is 12.7. The summed E-state index contributed by atoms with van der Waals surface area (Å²) in [4.78, 5) is 23.8. The number of rotatable bonds is 8. The van der Waals surface area contributed by atoms with Crippen molar-refractivity contribution in [2.24, 2.45) is 0 Å². The monoisotopic (exact) mass is 508 g/mol. The first-order chi connectivity index (χ1) is 15.5. The molecule has 1 atom stereocenters. The maximum Gasteiger partial charge on any atom is 0.322 e. The molecule has 0 heterocycles. The second-order valence-electron chi connectivity index (χ2n) is 6.99. The molecular formula is C22H18Cl2N2O6S. The van der Waals surface area contributed by atoms with Crippen LogP contribution in [0.3, 0.4) is 0 Å². The van der Waals surface area contributed by atoms with Crippen molar-refractivity contribution in [2.75, 3.05) is 5.32 Å². The molecule has 0 aliphatic rings. The Morgan fingerprint density at radius 3 is 2.15 bits per heavy atom. The van der Waals surface area contributed by atoms with Gasteiger partial charge in [-0.3, -0.25) is 9.59 Å². The number of carboxylic acid groups (broad SMARTS) is 1. The summed E-state index contributed by atoms with van der Waals surface area (Å²) in [6.45, 7) is 0. The number of hydrogen-bond donors (Lipinski definition) is 4. The van der Waals surface area contributed by atoms with Crippen molar-refractivity contribution in [2.45, 2.75) is 17.4 Å². The quantitative estimate of drug-likeness (QED) is 0.364. The third kappa shape index (κ3) is 6.45. The number of benzene rings is 3. The van der Waals surface area contributed by atoms with E-state index >= 15 is 0 Å². The first-order valence-electron chi connectivity index (χ1n) is 9.44. The number of amides is 1. The second-order valence-corrected chi connectivity index (χ2v) is 9.54. The molecule has 1 amide bonds. The van der Waals surface area contributed by atoms with Gasteiger partial charge in [-0.05, 0) is 66.6 Å². The van der Waals surface area contributed by atoms with E-state index in [0.29, 0.717) is 16.3 Å². The molecular weight excluding hydrogens is 491 g/mol. The van der Waals surface area contributed by atoms with Crippen molar-refractivity contribution in [3.8, 4) is 5.75 Å². The van der Waals surface area contributed by atoms with Gasteiger partial charge in [-0.2, -0.15) is 4.72 Å². The number of aromatic hydroxyl groups is 1. The molecule has 33 heavy (non-hydrogen) atoms. The van der Waals surface area contributed by atoms with E-state index < -0.39 is 27.9 Å². The Labute approximate surface area is 199 Å². The van der Waals surface area contributed by atoms with Crippen LogP contribution in [-0.4, -0.2) is 36.5 Å². The number of phenols is 1. The molecule has 0 unspecified atom stereocenters. The van der Waals surface area contributed by atoms with Gasteiger partial charge in [-0.15, -0.1) is 0 Å². The normalized spacial score (nSPS) is 12.2. The number of sulfonamides is 1. The average Bonchev–Trinajstić information content (AvgIpc) is 2.75. The van der Waals surface area contributed by atoms with Crippen LogP contribution in [0.4, 0.5) is 5.69 Å². The van der Waals surface area contributed by atoms with Gasteiger partial charge in [0.15, 0.2) is 0 Å². The van der Waals surface area contributed by atoms with Crippen molar-refractivity contribution in [1.29, 1.82) is 0 Å². The van der Waals surface area contributed by atoms with E-state index in [4.69, 9.17) is 23.2 Å². The Balaban J connectivity index is 1.71. The summed E-state index contributed by atoms with van der Waals surface area (Å²) >= 11 is 11.8. The van der Waals surface area contributed by atoms with Crippen molar-refractivity contribution in [1.82, 2.24) is 4.72 Å². The fourth-order valence-corrected chi connectivity index (χ4v) is 4.58.